The molecular formula is C23H34N8O11. The first kappa shape index (κ1) is 32.7. The molecule has 8 atom stereocenters. The SMILES string of the molecule is C=C1N=C(N)C=NN1[C@@H]1O[C@H](COC(=O)C(C)C)C(O)[C@@H]1O.CC(=O)Nc1cnn([C@@H]2O[C@H](CO)C(O)[C@@H]2O)c(=O)n1. The Hall–Kier alpha value is -3.85. The summed E-state index contributed by atoms with van der Waals surface area (Å²) in [5.74, 6) is -0.794. The maximum Gasteiger partial charge on any atom is 0.368 e. The van der Waals surface area contributed by atoms with E-state index in [1.54, 1.807) is 13.8 Å². The second-order valence-electron chi connectivity index (χ2n) is 9.65. The summed E-state index contributed by atoms with van der Waals surface area (Å²) >= 11 is 0. The highest BCUT2D eigenvalue weighted by Crippen LogP contribution is 2.29. The molecule has 0 spiro atoms. The van der Waals surface area contributed by atoms with Crippen LogP contribution in [-0.2, 0) is 23.8 Å². The second kappa shape index (κ2) is 13.9. The summed E-state index contributed by atoms with van der Waals surface area (Å²) in [5.41, 5.74) is 4.62. The molecule has 0 bridgehead atoms. The molecule has 3 aliphatic heterocycles. The number of amides is 1. The molecule has 2 saturated heterocycles. The summed E-state index contributed by atoms with van der Waals surface area (Å²) in [6, 6.07) is 0. The van der Waals surface area contributed by atoms with E-state index in [0.29, 0.717) is 0 Å². The van der Waals surface area contributed by atoms with Crippen molar-refractivity contribution in [1.82, 2.24) is 19.8 Å². The van der Waals surface area contributed by atoms with Crippen LogP contribution in [0.3, 0.4) is 0 Å². The fourth-order valence-electron chi connectivity index (χ4n) is 3.88. The normalized spacial score (nSPS) is 30.5. The molecule has 42 heavy (non-hydrogen) atoms. The third-order valence-electron chi connectivity index (χ3n) is 6.06. The van der Waals surface area contributed by atoms with Crippen LogP contribution in [0, 0.1) is 5.92 Å². The molecule has 1 aromatic heterocycles. The minimum atomic E-state index is -1.43. The smallest absolute Gasteiger partial charge is 0.368 e. The number of nitrogens with two attached hydrogens (primary N) is 1. The van der Waals surface area contributed by atoms with Crippen molar-refractivity contribution in [3.63, 3.8) is 0 Å². The molecule has 0 aliphatic carbocycles. The van der Waals surface area contributed by atoms with Gasteiger partial charge in [0.05, 0.1) is 24.9 Å². The van der Waals surface area contributed by atoms with Crippen molar-refractivity contribution in [2.45, 2.75) is 69.9 Å². The number of aliphatic imine (C=N–C) groups is 1. The van der Waals surface area contributed by atoms with Gasteiger partial charge in [-0.2, -0.15) is 19.9 Å². The maximum absolute atomic E-state index is 11.8. The lowest BCUT2D eigenvalue weighted by Gasteiger charge is -2.28. The molecule has 19 heteroatoms. The van der Waals surface area contributed by atoms with Crippen LogP contribution in [-0.4, -0.2) is 125 Å². The van der Waals surface area contributed by atoms with Crippen LogP contribution in [0.25, 0.3) is 0 Å². The molecule has 4 heterocycles. The van der Waals surface area contributed by atoms with E-state index in [1.807, 2.05) is 0 Å². The monoisotopic (exact) mass is 598 g/mol. The molecule has 0 saturated carbocycles. The highest BCUT2D eigenvalue weighted by molar-refractivity contribution is 6.29. The van der Waals surface area contributed by atoms with Gasteiger partial charge in [0.1, 0.15) is 54.9 Å². The Morgan fingerprint density at radius 1 is 1.12 bits per heavy atom. The summed E-state index contributed by atoms with van der Waals surface area (Å²) in [6.07, 6.45) is -6.98. The standard InChI is InChI=1S/C13H20N4O5.C10H14N4O6/c1-6(2)13(20)21-5-8-10(18)11(19)12(22-8)17-7(3)16-9(14)4-15-17;1-4(16)12-6-2-11-14(10(19)13-6)9-8(18)7(17)5(3-15)20-9/h4,6,8,10-12,18-19H,3,5H2,1-2H3,(H2,14,16);2,5,7-9,15,17-18H,3H2,1H3,(H,12,13,16,19)/t8-,10?,11+,12-;5-,7?,8+,9-/m11/s1. The van der Waals surface area contributed by atoms with Crippen molar-refractivity contribution < 1.29 is 49.3 Å². The molecule has 3 aliphatic rings. The molecule has 2 fully saturated rings. The van der Waals surface area contributed by atoms with Gasteiger partial charge in [-0.1, -0.05) is 20.4 Å². The Labute approximate surface area is 238 Å². The van der Waals surface area contributed by atoms with Crippen LogP contribution in [0.5, 0.6) is 0 Å². The van der Waals surface area contributed by atoms with Crippen molar-refractivity contribution >= 4 is 29.7 Å². The van der Waals surface area contributed by atoms with Crippen molar-refractivity contribution in [2.75, 3.05) is 18.5 Å². The van der Waals surface area contributed by atoms with Gasteiger partial charge in [-0.25, -0.2) is 14.8 Å². The number of amidine groups is 1. The lowest BCUT2D eigenvalue weighted by Crippen LogP contribution is -2.42. The molecule has 4 rings (SSSR count). The number of carbonyl (C=O) groups excluding carboxylic acids is 2. The summed E-state index contributed by atoms with van der Waals surface area (Å²) in [5, 5.41) is 59.6. The number of hydrazone groups is 1. The molecule has 1 amide bonds. The zero-order valence-electron chi connectivity index (χ0n) is 22.9. The highest BCUT2D eigenvalue weighted by Gasteiger charge is 2.47. The molecule has 8 N–H and O–H groups in total. The Morgan fingerprint density at radius 3 is 2.29 bits per heavy atom. The predicted molar refractivity (Wildman–Crippen MR) is 141 cm³/mol. The lowest BCUT2D eigenvalue weighted by atomic mass is 10.1. The van der Waals surface area contributed by atoms with Gasteiger partial charge in [0.2, 0.25) is 5.91 Å². The summed E-state index contributed by atoms with van der Waals surface area (Å²) in [4.78, 5) is 41.5. The number of nitrogens with zero attached hydrogens (tertiary/aromatic N) is 6. The summed E-state index contributed by atoms with van der Waals surface area (Å²) in [7, 11) is 0. The van der Waals surface area contributed by atoms with Crippen molar-refractivity contribution in [3.8, 4) is 0 Å². The third-order valence-corrected chi connectivity index (χ3v) is 6.06. The van der Waals surface area contributed by atoms with E-state index in [0.717, 1.165) is 10.9 Å². The zero-order chi connectivity index (χ0) is 31.3. The average molecular weight is 599 g/mol. The second-order valence-corrected chi connectivity index (χ2v) is 9.65. The van der Waals surface area contributed by atoms with Crippen molar-refractivity contribution in [1.29, 1.82) is 0 Å². The van der Waals surface area contributed by atoms with Gasteiger partial charge in [-0.3, -0.25) is 9.59 Å². The minimum absolute atomic E-state index is 0.0366. The van der Waals surface area contributed by atoms with E-state index in [9.17, 15) is 34.8 Å². The van der Waals surface area contributed by atoms with Crippen LogP contribution in [0.2, 0.25) is 0 Å². The number of esters is 1. The first-order valence-electron chi connectivity index (χ1n) is 12.7. The Morgan fingerprint density at radius 2 is 1.74 bits per heavy atom. The number of rotatable bonds is 7. The predicted octanol–water partition coefficient (Wildman–Crippen LogP) is -4.03. The molecule has 19 nitrogen and oxygen atoms in total. The van der Waals surface area contributed by atoms with E-state index in [1.165, 1.54) is 18.1 Å². The zero-order valence-corrected chi connectivity index (χ0v) is 22.9. The molecule has 232 valence electrons. The number of nitrogens with one attached hydrogen (secondary N) is 1. The quantitative estimate of drug-likeness (QED) is 0.147. The van der Waals surface area contributed by atoms with Gasteiger partial charge in [-0.05, 0) is 0 Å². The molecule has 1 aromatic rings. The minimum Gasteiger partial charge on any atom is -0.463 e. The fourth-order valence-corrected chi connectivity index (χ4v) is 3.88. The lowest BCUT2D eigenvalue weighted by molar-refractivity contribution is -0.154. The van der Waals surface area contributed by atoms with Crippen LogP contribution in [0.4, 0.5) is 5.82 Å². The van der Waals surface area contributed by atoms with E-state index < -0.39 is 73.3 Å². The van der Waals surface area contributed by atoms with Gasteiger partial charge in [0.15, 0.2) is 18.3 Å². The number of aliphatic hydroxyl groups excluding tert-OH is 5. The summed E-state index contributed by atoms with van der Waals surface area (Å²) in [6.45, 7) is 7.62. The molecule has 0 aromatic carbocycles. The van der Waals surface area contributed by atoms with Gasteiger partial charge >= 0.3 is 11.7 Å². The number of aliphatic hydroxyl groups is 5. The van der Waals surface area contributed by atoms with Gasteiger partial charge in [0, 0.05) is 6.92 Å². The average Bonchev–Trinajstić information content (AvgIpc) is 3.37. The summed E-state index contributed by atoms with van der Waals surface area (Å²) < 4.78 is 16.4. The first-order valence-corrected chi connectivity index (χ1v) is 12.7. The Bertz CT molecular complexity index is 1270. The number of hydrogen-bond donors (Lipinski definition) is 7. The Balaban J connectivity index is 0.000000231. The van der Waals surface area contributed by atoms with Gasteiger partial charge in [-0.15, -0.1) is 0 Å². The fraction of sp³-hybridized carbons (Fsp3) is 0.609. The molecule has 2 unspecified atom stereocenters. The van der Waals surface area contributed by atoms with E-state index in [4.69, 9.17) is 25.1 Å². The van der Waals surface area contributed by atoms with Crippen LogP contribution < -0.4 is 16.7 Å². The maximum atomic E-state index is 11.8. The van der Waals surface area contributed by atoms with Crippen molar-refractivity contribution in [3.05, 3.63) is 29.1 Å². The van der Waals surface area contributed by atoms with Gasteiger partial charge < -0.3 is 50.8 Å². The highest BCUT2D eigenvalue weighted by atomic mass is 16.6. The molecular weight excluding hydrogens is 564 g/mol. The van der Waals surface area contributed by atoms with E-state index in [2.05, 4.69) is 32.1 Å². The number of carbonyl (C=O) groups is 2. The Kier molecular flexibility index (Phi) is 10.8. The van der Waals surface area contributed by atoms with Crippen LogP contribution >= 0.6 is 0 Å². The van der Waals surface area contributed by atoms with Crippen LogP contribution in [0.15, 0.2) is 33.5 Å². The van der Waals surface area contributed by atoms with Crippen LogP contribution in [0.1, 0.15) is 27.0 Å². The first-order chi connectivity index (χ1) is 19.7. The largest absolute Gasteiger partial charge is 0.463 e. The third kappa shape index (κ3) is 7.50. The van der Waals surface area contributed by atoms with E-state index >= 15 is 0 Å². The number of anilines is 1. The number of hydrogen-bond acceptors (Lipinski definition) is 17. The van der Waals surface area contributed by atoms with Crippen molar-refractivity contribution in [2.24, 2.45) is 21.7 Å². The number of ether oxygens (including phenoxy) is 3. The van der Waals surface area contributed by atoms with E-state index in [-0.39, 0.29) is 30.0 Å². The van der Waals surface area contributed by atoms with Gasteiger partial charge in [0.25, 0.3) is 0 Å². The topological polar surface area (TPSA) is 277 Å². The number of aromatic nitrogens is 3. The molecule has 0 radical (unpaired) electrons.